The predicted molar refractivity (Wildman–Crippen MR) is 53.0 cm³/mol. The van der Waals surface area contributed by atoms with Crippen molar-refractivity contribution >= 4 is 5.97 Å². The number of hydrogen-bond acceptors (Lipinski definition) is 3. The van der Waals surface area contributed by atoms with Crippen molar-refractivity contribution in [3.8, 4) is 0 Å². The highest BCUT2D eigenvalue weighted by molar-refractivity contribution is 5.79. The Morgan fingerprint density at radius 1 is 1.50 bits per heavy atom. The van der Waals surface area contributed by atoms with E-state index < -0.39 is 5.97 Å². The zero-order chi connectivity index (χ0) is 10.4. The van der Waals surface area contributed by atoms with E-state index in [-0.39, 0.29) is 6.10 Å². The second-order valence-corrected chi connectivity index (χ2v) is 3.73. The van der Waals surface area contributed by atoms with Gasteiger partial charge in [0.05, 0.1) is 6.10 Å². The number of carbonyl (C=O) groups is 1. The maximum Gasteiger partial charge on any atom is 0.328 e. The van der Waals surface area contributed by atoms with E-state index >= 15 is 0 Å². The summed E-state index contributed by atoms with van der Waals surface area (Å²) in [6.45, 7) is 1.44. The summed E-state index contributed by atoms with van der Waals surface area (Å²) in [4.78, 5) is 10.1. The monoisotopic (exact) mass is 199 g/mol. The molecule has 80 valence electrons. The van der Waals surface area contributed by atoms with Gasteiger partial charge in [-0.25, -0.2) is 4.79 Å². The first-order valence-electron chi connectivity index (χ1n) is 4.96. The van der Waals surface area contributed by atoms with E-state index in [9.17, 15) is 9.90 Å². The van der Waals surface area contributed by atoms with E-state index in [0.29, 0.717) is 12.5 Å². The normalized spacial score (nSPS) is 27.2. The highest BCUT2D eigenvalue weighted by Gasteiger charge is 2.21. The van der Waals surface area contributed by atoms with Crippen LogP contribution in [0.4, 0.5) is 0 Å². The van der Waals surface area contributed by atoms with Crippen molar-refractivity contribution in [2.75, 3.05) is 13.1 Å². The molecule has 1 saturated carbocycles. The quantitative estimate of drug-likeness (QED) is 0.442. The summed E-state index contributed by atoms with van der Waals surface area (Å²) in [5, 5.41) is 20.7. The molecule has 0 radical (unpaired) electrons. The van der Waals surface area contributed by atoms with Gasteiger partial charge in [-0.2, -0.15) is 0 Å². The number of carboxylic acid groups (broad SMARTS) is 1. The number of rotatable bonds is 5. The lowest BCUT2D eigenvalue weighted by atomic mass is 10.1. The molecule has 0 heterocycles. The van der Waals surface area contributed by atoms with Gasteiger partial charge in [0.1, 0.15) is 0 Å². The average molecular weight is 199 g/mol. The lowest BCUT2D eigenvalue weighted by Gasteiger charge is -2.08. The van der Waals surface area contributed by atoms with E-state index in [1.54, 1.807) is 6.08 Å². The minimum atomic E-state index is -0.914. The molecular formula is C10H17NO3. The van der Waals surface area contributed by atoms with Crippen LogP contribution in [0.2, 0.25) is 0 Å². The molecule has 1 rings (SSSR count). The molecule has 1 aliphatic carbocycles. The van der Waals surface area contributed by atoms with E-state index in [4.69, 9.17) is 5.11 Å². The van der Waals surface area contributed by atoms with Gasteiger partial charge in [-0.1, -0.05) is 6.08 Å². The topological polar surface area (TPSA) is 69.6 Å². The highest BCUT2D eigenvalue weighted by atomic mass is 16.4. The fraction of sp³-hybridized carbons (Fsp3) is 0.700. The predicted octanol–water partition coefficient (Wildman–Crippen LogP) is 0.378. The van der Waals surface area contributed by atoms with Crippen LogP contribution in [0.25, 0.3) is 0 Å². The fourth-order valence-corrected chi connectivity index (χ4v) is 1.76. The second-order valence-electron chi connectivity index (χ2n) is 3.73. The van der Waals surface area contributed by atoms with Crippen LogP contribution in [0.5, 0.6) is 0 Å². The van der Waals surface area contributed by atoms with Crippen LogP contribution in [0.3, 0.4) is 0 Å². The highest BCUT2D eigenvalue weighted by Crippen LogP contribution is 2.24. The maximum absolute atomic E-state index is 10.1. The van der Waals surface area contributed by atoms with Crippen molar-refractivity contribution < 1.29 is 15.0 Å². The molecule has 0 amide bonds. The molecule has 0 aromatic heterocycles. The molecule has 2 unspecified atom stereocenters. The van der Waals surface area contributed by atoms with Crippen molar-refractivity contribution in [1.82, 2.24) is 5.32 Å². The van der Waals surface area contributed by atoms with E-state index in [1.165, 1.54) is 0 Å². The smallest absolute Gasteiger partial charge is 0.328 e. The molecule has 0 aliphatic heterocycles. The van der Waals surface area contributed by atoms with Gasteiger partial charge in [-0.3, -0.25) is 0 Å². The standard InChI is InChI=1S/C10H17NO3/c12-9-4-3-8(6-9)7-11-5-1-2-10(13)14/h1-2,8-9,11-12H,3-7H2,(H,13,14)/b2-1+. The van der Waals surface area contributed by atoms with Gasteiger partial charge in [0.2, 0.25) is 0 Å². The van der Waals surface area contributed by atoms with E-state index in [0.717, 1.165) is 31.9 Å². The van der Waals surface area contributed by atoms with Gasteiger partial charge < -0.3 is 15.5 Å². The van der Waals surface area contributed by atoms with Gasteiger partial charge in [0, 0.05) is 12.6 Å². The van der Waals surface area contributed by atoms with Crippen LogP contribution < -0.4 is 5.32 Å². The zero-order valence-corrected chi connectivity index (χ0v) is 8.15. The molecule has 0 saturated heterocycles. The lowest BCUT2D eigenvalue weighted by Crippen LogP contribution is -2.21. The van der Waals surface area contributed by atoms with Crippen molar-refractivity contribution in [3.63, 3.8) is 0 Å². The second kappa shape index (κ2) is 5.78. The number of nitrogens with one attached hydrogen (secondary N) is 1. The molecular weight excluding hydrogens is 182 g/mol. The van der Waals surface area contributed by atoms with Crippen molar-refractivity contribution in [3.05, 3.63) is 12.2 Å². The molecule has 4 nitrogen and oxygen atoms in total. The van der Waals surface area contributed by atoms with Crippen LogP contribution in [0, 0.1) is 5.92 Å². The Morgan fingerprint density at radius 3 is 2.86 bits per heavy atom. The Labute approximate surface area is 83.6 Å². The fourth-order valence-electron chi connectivity index (χ4n) is 1.76. The third-order valence-electron chi connectivity index (χ3n) is 2.47. The molecule has 0 aromatic carbocycles. The molecule has 1 aliphatic rings. The first kappa shape index (κ1) is 11.2. The van der Waals surface area contributed by atoms with Crippen LogP contribution in [-0.4, -0.2) is 35.4 Å². The van der Waals surface area contributed by atoms with Crippen molar-refractivity contribution in [2.24, 2.45) is 5.92 Å². The van der Waals surface area contributed by atoms with E-state index in [1.807, 2.05) is 0 Å². The first-order chi connectivity index (χ1) is 6.68. The summed E-state index contributed by atoms with van der Waals surface area (Å²) in [5.74, 6) is -0.369. The largest absolute Gasteiger partial charge is 0.478 e. The lowest BCUT2D eigenvalue weighted by molar-refractivity contribution is -0.131. The summed E-state index contributed by atoms with van der Waals surface area (Å²) in [6, 6.07) is 0. The SMILES string of the molecule is O=C(O)/C=C/CNCC1CCC(O)C1. The van der Waals surface area contributed by atoms with Crippen LogP contribution in [0.1, 0.15) is 19.3 Å². The molecule has 4 heteroatoms. The number of aliphatic hydroxyl groups is 1. The summed E-state index contributed by atoms with van der Waals surface area (Å²) in [6.07, 6.45) is 5.44. The van der Waals surface area contributed by atoms with Crippen LogP contribution >= 0.6 is 0 Å². The number of carboxylic acids is 1. The number of aliphatic hydroxyl groups excluding tert-OH is 1. The summed E-state index contributed by atoms with van der Waals surface area (Å²) < 4.78 is 0. The van der Waals surface area contributed by atoms with E-state index in [2.05, 4.69) is 5.32 Å². The Bertz CT molecular complexity index is 215. The Morgan fingerprint density at radius 2 is 2.29 bits per heavy atom. The third-order valence-corrected chi connectivity index (χ3v) is 2.47. The number of hydrogen-bond donors (Lipinski definition) is 3. The molecule has 0 aromatic rings. The van der Waals surface area contributed by atoms with Gasteiger partial charge in [0.15, 0.2) is 0 Å². The van der Waals surface area contributed by atoms with Crippen molar-refractivity contribution in [1.29, 1.82) is 0 Å². The summed E-state index contributed by atoms with van der Waals surface area (Å²) in [5.41, 5.74) is 0. The minimum absolute atomic E-state index is 0.128. The molecule has 0 bridgehead atoms. The molecule has 0 spiro atoms. The first-order valence-corrected chi connectivity index (χ1v) is 4.96. The van der Waals surface area contributed by atoms with Gasteiger partial charge >= 0.3 is 5.97 Å². The summed E-state index contributed by atoms with van der Waals surface area (Å²) in [7, 11) is 0. The third kappa shape index (κ3) is 4.39. The van der Waals surface area contributed by atoms with Gasteiger partial charge in [-0.15, -0.1) is 0 Å². The Balaban J connectivity index is 2.01. The molecule has 2 atom stereocenters. The Hall–Kier alpha value is -0.870. The van der Waals surface area contributed by atoms with Crippen LogP contribution in [0.15, 0.2) is 12.2 Å². The summed E-state index contributed by atoms with van der Waals surface area (Å²) >= 11 is 0. The zero-order valence-electron chi connectivity index (χ0n) is 8.15. The maximum atomic E-state index is 10.1. The molecule has 14 heavy (non-hydrogen) atoms. The van der Waals surface area contributed by atoms with Crippen molar-refractivity contribution in [2.45, 2.75) is 25.4 Å². The molecule has 1 fully saturated rings. The Kier molecular flexibility index (Phi) is 4.62. The van der Waals surface area contributed by atoms with Crippen LogP contribution in [-0.2, 0) is 4.79 Å². The molecule has 3 N–H and O–H groups in total. The van der Waals surface area contributed by atoms with Gasteiger partial charge in [-0.05, 0) is 31.7 Å². The van der Waals surface area contributed by atoms with Gasteiger partial charge in [0.25, 0.3) is 0 Å². The average Bonchev–Trinajstić information content (AvgIpc) is 2.50. The number of aliphatic carboxylic acids is 1. The minimum Gasteiger partial charge on any atom is -0.478 e.